The van der Waals surface area contributed by atoms with E-state index in [1.165, 1.54) is 12.1 Å². The summed E-state index contributed by atoms with van der Waals surface area (Å²) in [5.74, 6) is -4.96. The van der Waals surface area contributed by atoms with Crippen molar-refractivity contribution in [3.63, 3.8) is 0 Å². The number of aromatic nitrogens is 2. The molecule has 1 saturated carbocycles. The number of aryl methyl sites for hydroxylation is 1. The Kier molecular flexibility index (Phi) is 5.31. The van der Waals surface area contributed by atoms with Gasteiger partial charge >= 0.3 is 6.18 Å². The van der Waals surface area contributed by atoms with Crippen LogP contribution in [0, 0.1) is 5.92 Å². The maximum atomic E-state index is 14.0. The van der Waals surface area contributed by atoms with E-state index in [4.69, 9.17) is 5.73 Å². The molecule has 2 unspecified atom stereocenters. The van der Waals surface area contributed by atoms with Crippen LogP contribution in [0.5, 0.6) is 0 Å². The van der Waals surface area contributed by atoms with Crippen LogP contribution in [0.4, 0.5) is 27.8 Å². The highest BCUT2D eigenvalue weighted by Crippen LogP contribution is 2.44. The Labute approximate surface area is 197 Å². The van der Waals surface area contributed by atoms with Gasteiger partial charge in [0.05, 0.1) is 0 Å². The Hall–Kier alpha value is -3.54. The van der Waals surface area contributed by atoms with Crippen LogP contribution in [0.15, 0.2) is 58.5 Å². The van der Waals surface area contributed by atoms with E-state index >= 15 is 0 Å². The molecule has 1 aliphatic heterocycles. The van der Waals surface area contributed by atoms with Gasteiger partial charge in [-0.15, -0.1) is 0 Å². The number of amidine groups is 1. The molecule has 1 aliphatic carbocycles. The number of benzene rings is 1. The predicted molar refractivity (Wildman–Crippen MR) is 122 cm³/mol. The first-order valence-electron chi connectivity index (χ1n) is 10.9. The molecule has 2 aromatic heterocycles. The molecule has 1 aromatic carbocycles. The van der Waals surface area contributed by atoms with Gasteiger partial charge in [-0.3, -0.25) is 5.73 Å². The second kappa shape index (κ2) is 8.01. The molecule has 1 fully saturated rings. The maximum absolute atomic E-state index is 14.0. The molecule has 3 heterocycles. The van der Waals surface area contributed by atoms with Crippen molar-refractivity contribution >= 4 is 28.5 Å². The third-order valence-electron chi connectivity index (χ3n) is 6.30. The SMILES string of the molecule is Cn1c(NC2=NC(N)(C3CCC(F)(F)C3)N=C(c3cccc(C(F)(F)F)n3)N2)cc2ccccc21. The summed E-state index contributed by atoms with van der Waals surface area (Å²) in [5.41, 5.74) is 6.13. The van der Waals surface area contributed by atoms with Crippen molar-refractivity contribution < 1.29 is 22.0 Å². The Balaban J connectivity index is 1.55. The number of nitrogens with zero attached hydrogens (tertiary/aromatic N) is 4. The molecule has 2 aliphatic rings. The van der Waals surface area contributed by atoms with Gasteiger partial charge in [-0.25, -0.2) is 23.7 Å². The molecule has 0 amide bonds. The minimum absolute atomic E-state index is 0.0674. The summed E-state index contributed by atoms with van der Waals surface area (Å²) in [7, 11) is 1.82. The lowest BCUT2D eigenvalue weighted by Gasteiger charge is -2.33. The Bertz CT molecular complexity index is 1340. The van der Waals surface area contributed by atoms with Gasteiger partial charge in [0, 0.05) is 36.7 Å². The third kappa shape index (κ3) is 4.45. The van der Waals surface area contributed by atoms with Crippen molar-refractivity contribution in [1.29, 1.82) is 0 Å². The van der Waals surface area contributed by atoms with Crippen LogP contribution in [0.25, 0.3) is 10.9 Å². The fourth-order valence-electron chi connectivity index (χ4n) is 4.48. The fraction of sp³-hybridized carbons (Fsp3) is 0.348. The quantitative estimate of drug-likeness (QED) is 0.472. The van der Waals surface area contributed by atoms with E-state index in [9.17, 15) is 22.0 Å². The predicted octanol–water partition coefficient (Wildman–Crippen LogP) is 4.46. The minimum atomic E-state index is -4.67. The summed E-state index contributed by atoms with van der Waals surface area (Å²) in [5, 5.41) is 6.87. The van der Waals surface area contributed by atoms with Gasteiger partial charge in [-0.05, 0) is 30.7 Å². The van der Waals surface area contributed by atoms with Gasteiger partial charge in [0.15, 0.2) is 5.84 Å². The molecule has 3 aromatic rings. The van der Waals surface area contributed by atoms with Crippen molar-refractivity contribution in [1.82, 2.24) is 14.9 Å². The molecule has 0 bridgehead atoms. The van der Waals surface area contributed by atoms with Gasteiger partial charge in [0.25, 0.3) is 0 Å². The number of nitrogens with one attached hydrogen (secondary N) is 2. The third-order valence-corrected chi connectivity index (χ3v) is 6.30. The van der Waals surface area contributed by atoms with Crippen molar-refractivity contribution in [2.45, 2.75) is 37.1 Å². The first kappa shape index (κ1) is 23.2. The number of halogens is 5. The summed E-state index contributed by atoms with van der Waals surface area (Å²) in [4.78, 5) is 12.4. The van der Waals surface area contributed by atoms with Crippen LogP contribution < -0.4 is 16.4 Å². The molecular formula is C23H22F5N7. The molecule has 5 rings (SSSR count). The lowest BCUT2D eigenvalue weighted by molar-refractivity contribution is -0.141. The summed E-state index contributed by atoms with van der Waals surface area (Å²) in [6, 6.07) is 12.8. The first-order valence-corrected chi connectivity index (χ1v) is 10.9. The molecule has 7 nitrogen and oxygen atoms in total. The van der Waals surface area contributed by atoms with Crippen molar-refractivity contribution in [2.24, 2.45) is 28.7 Å². The van der Waals surface area contributed by atoms with Crippen LogP contribution in [0.1, 0.15) is 30.7 Å². The van der Waals surface area contributed by atoms with E-state index in [0.29, 0.717) is 5.82 Å². The van der Waals surface area contributed by atoms with Gasteiger partial charge in [-0.2, -0.15) is 13.2 Å². The monoisotopic (exact) mass is 491 g/mol. The van der Waals surface area contributed by atoms with Crippen LogP contribution >= 0.6 is 0 Å². The highest BCUT2D eigenvalue weighted by molar-refractivity contribution is 6.13. The topological polar surface area (TPSA) is 92.6 Å². The normalized spacial score (nSPS) is 24.1. The smallest absolute Gasteiger partial charge is 0.330 e. The second-order valence-electron chi connectivity index (χ2n) is 8.80. The largest absolute Gasteiger partial charge is 0.433 e. The molecule has 0 radical (unpaired) electrons. The number of hydrogen-bond acceptors (Lipinski definition) is 6. The van der Waals surface area contributed by atoms with Gasteiger partial charge in [0.2, 0.25) is 17.7 Å². The number of pyridine rings is 1. The Morgan fingerprint density at radius 1 is 1.11 bits per heavy atom. The Morgan fingerprint density at radius 3 is 2.57 bits per heavy atom. The minimum Gasteiger partial charge on any atom is -0.330 e. The number of aliphatic imine (C=N–C) groups is 2. The zero-order valence-corrected chi connectivity index (χ0v) is 18.6. The summed E-state index contributed by atoms with van der Waals surface area (Å²) in [6.07, 6.45) is -5.49. The number of para-hydroxylation sites is 1. The Morgan fingerprint density at radius 2 is 1.89 bits per heavy atom. The molecular weight excluding hydrogens is 469 g/mol. The average Bonchev–Trinajstić information content (AvgIpc) is 3.32. The average molecular weight is 491 g/mol. The van der Waals surface area contributed by atoms with Crippen molar-refractivity contribution in [3.8, 4) is 0 Å². The van der Waals surface area contributed by atoms with E-state index in [1.807, 2.05) is 41.9 Å². The van der Waals surface area contributed by atoms with E-state index in [2.05, 4.69) is 25.6 Å². The van der Waals surface area contributed by atoms with Crippen LogP contribution in [0.3, 0.4) is 0 Å². The van der Waals surface area contributed by atoms with Gasteiger partial charge in [-0.1, -0.05) is 24.3 Å². The molecule has 35 heavy (non-hydrogen) atoms. The molecule has 0 spiro atoms. The van der Waals surface area contributed by atoms with E-state index in [-0.39, 0.29) is 30.3 Å². The molecule has 0 saturated heterocycles. The molecule has 184 valence electrons. The van der Waals surface area contributed by atoms with E-state index < -0.39 is 35.9 Å². The number of nitrogens with two attached hydrogens (primary N) is 1. The maximum Gasteiger partial charge on any atom is 0.433 e. The van der Waals surface area contributed by atoms with Crippen molar-refractivity contribution in [3.05, 3.63) is 59.9 Å². The molecule has 2 atom stereocenters. The van der Waals surface area contributed by atoms with Crippen molar-refractivity contribution in [2.75, 3.05) is 5.32 Å². The summed E-state index contributed by atoms with van der Waals surface area (Å²) in [6.45, 7) is 0. The number of rotatable bonds is 3. The highest BCUT2D eigenvalue weighted by Gasteiger charge is 2.49. The number of fused-ring (bicyclic) bond motifs is 1. The zero-order valence-electron chi connectivity index (χ0n) is 18.6. The van der Waals surface area contributed by atoms with Crippen LogP contribution in [-0.2, 0) is 13.2 Å². The van der Waals surface area contributed by atoms with Gasteiger partial charge in [0.1, 0.15) is 17.2 Å². The summed E-state index contributed by atoms with van der Waals surface area (Å²) < 4.78 is 69.7. The van der Waals surface area contributed by atoms with E-state index in [0.717, 1.165) is 17.0 Å². The molecule has 12 heteroatoms. The highest BCUT2D eigenvalue weighted by atomic mass is 19.4. The second-order valence-corrected chi connectivity index (χ2v) is 8.80. The van der Waals surface area contributed by atoms with Crippen LogP contribution in [-0.4, -0.2) is 33.1 Å². The number of alkyl halides is 5. The fourth-order valence-corrected chi connectivity index (χ4v) is 4.48. The molecule has 4 N–H and O–H groups in total. The number of anilines is 1. The number of hydrogen-bond donors (Lipinski definition) is 3. The summed E-state index contributed by atoms with van der Waals surface area (Å²) >= 11 is 0. The van der Waals surface area contributed by atoms with E-state index in [1.54, 1.807) is 0 Å². The zero-order chi connectivity index (χ0) is 25.0. The lowest BCUT2D eigenvalue weighted by atomic mass is 9.99. The lowest BCUT2D eigenvalue weighted by Crippen LogP contribution is -2.53. The van der Waals surface area contributed by atoms with Crippen LogP contribution in [0.2, 0.25) is 0 Å². The van der Waals surface area contributed by atoms with Gasteiger partial charge < -0.3 is 15.2 Å². The number of guanidine groups is 1. The first-order chi connectivity index (χ1) is 16.4. The standard InChI is InChI=1S/C23H22F5N7/c1-35-16-7-3-2-5-13(16)11-18(35)31-20-32-19(15-6-4-8-17(30-15)22(26,27)28)33-23(29,34-20)14-9-10-21(24,25)12-14/h2-8,11,14H,9-10,12,29H2,1H3,(H2,31,32,33,34).